The highest BCUT2D eigenvalue weighted by molar-refractivity contribution is 5.67. The van der Waals surface area contributed by atoms with E-state index in [1.165, 1.54) is 5.01 Å². The van der Waals surface area contributed by atoms with E-state index in [0.717, 1.165) is 19.5 Å². The number of nitrogens with one attached hydrogen (secondary N) is 1. The van der Waals surface area contributed by atoms with E-state index < -0.39 is 11.7 Å². The van der Waals surface area contributed by atoms with Gasteiger partial charge in [0.1, 0.15) is 5.60 Å². The largest absolute Gasteiger partial charge is 0.443 e. The molecule has 1 atom stereocenters. The third-order valence-corrected chi connectivity index (χ3v) is 2.03. The number of hydrazine groups is 1. The van der Waals surface area contributed by atoms with Gasteiger partial charge in [0.25, 0.3) is 0 Å². The highest BCUT2D eigenvalue weighted by Gasteiger charge is 2.27. The number of amides is 1. The number of carbonyl (C=O) groups excluding carboxylic acids is 1. The molecule has 0 radical (unpaired) electrons. The summed E-state index contributed by atoms with van der Waals surface area (Å²) in [7, 11) is 0. The minimum Gasteiger partial charge on any atom is -0.443 e. The minimum atomic E-state index is -0.485. The lowest BCUT2D eigenvalue weighted by Crippen LogP contribution is -2.48. The topological polar surface area (TPSA) is 67.6 Å². The summed E-state index contributed by atoms with van der Waals surface area (Å²) >= 11 is 0. The molecule has 0 aliphatic carbocycles. The minimum absolute atomic E-state index is 0.0600. The van der Waals surface area contributed by atoms with Gasteiger partial charge in [-0.15, -0.1) is 0 Å². The number of nitrogens with two attached hydrogens (primary N) is 1. The van der Waals surface area contributed by atoms with Gasteiger partial charge in [-0.3, -0.25) is 0 Å². The van der Waals surface area contributed by atoms with Crippen molar-refractivity contribution in [1.82, 2.24) is 10.3 Å². The van der Waals surface area contributed by atoms with E-state index in [1.54, 1.807) is 0 Å². The van der Waals surface area contributed by atoms with Gasteiger partial charge in [0, 0.05) is 6.54 Å². The highest BCUT2D eigenvalue weighted by Crippen LogP contribution is 2.11. The molecule has 5 nitrogen and oxygen atoms in total. The first-order valence-electron chi connectivity index (χ1n) is 4.88. The van der Waals surface area contributed by atoms with Gasteiger partial charge in [-0.2, -0.15) is 0 Å². The lowest BCUT2D eigenvalue weighted by molar-refractivity contribution is 0.0174. The smallest absolute Gasteiger partial charge is 0.424 e. The molecule has 0 saturated carbocycles. The first kappa shape index (κ1) is 11.3. The Morgan fingerprint density at radius 2 is 2.21 bits per heavy atom. The van der Waals surface area contributed by atoms with E-state index in [0.29, 0.717) is 0 Å². The molecule has 1 saturated heterocycles. The standard InChI is InChI=1S/C9H19N3O2/c1-9(2,3)14-8(13)12(10)7-4-5-11-6-7/h7,11H,4-6,10H2,1-3H3. The number of carbonyl (C=O) groups is 1. The number of nitrogens with zero attached hydrogens (tertiary/aromatic N) is 1. The van der Waals surface area contributed by atoms with Gasteiger partial charge < -0.3 is 10.1 Å². The summed E-state index contributed by atoms with van der Waals surface area (Å²) in [4.78, 5) is 11.5. The van der Waals surface area contributed by atoms with Crippen LogP contribution in [0.25, 0.3) is 0 Å². The van der Waals surface area contributed by atoms with E-state index in [9.17, 15) is 4.79 Å². The van der Waals surface area contributed by atoms with Gasteiger partial charge >= 0.3 is 6.09 Å². The molecule has 1 aliphatic rings. The predicted molar refractivity (Wildman–Crippen MR) is 53.5 cm³/mol. The Morgan fingerprint density at radius 1 is 1.57 bits per heavy atom. The van der Waals surface area contributed by atoms with Crippen molar-refractivity contribution in [2.45, 2.75) is 38.8 Å². The molecule has 0 aromatic rings. The fourth-order valence-electron chi connectivity index (χ4n) is 1.34. The fourth-order valence-corrected chi connectivity index (χ4v) is 1.34. The first-order valence-corrected chi connectivity index (χ1v) is 4.88. The van der Waals surface area contributed by atoms with Crippen molar-refractivity contribution >= 4 is 6.09 Å². The first-order chi connectivity index (χ1) is 6.40. The Bertz CT molecular complexity index is 207. The van der Waals surface area contributed by atoms with Crippen LogP contribution in [0.2, 0.25) is 0 Å². The second-order valence-electron chi connectivity index (χ2n) is 4.53. The van der Waals surface area contributed by atoms with Crippen molar-refractivity contribution in [1.29, 1.82) is 0 Å². The zero-order chi connectivity index (χ0) is 10.8. The van der Waals surface area contributed by atoms with Gasteiger partial charge in [-0.05, 0) is 33.7 Å². The quantitative estimate of drug-likeness (QED) is 0.367. The van der Waals surface area contributed by atoms with Crippen molar-refractivity contribution in [2.24, 2.45) is 5.84 Å². The summed E-state index contributed by atoms with van der Waals surface area (Å²) in [5.41, 5.74) is -0.485. The Balaban J connectivity index is 2.43. The fraction of sp³-hybridized carbons (Fsp3) is 0.889. The van der Waals surface area contributed by atoms with E-state index in [4.69, 9.17) is 10.6 Å². The Hall–Kier alpha value is -0.810. The van der Waals surface area contributed by atoms with Crippen LogP contribution in [0.5, 0.6) is 0 Å². The molecule has 1 heterocycles. The molecule has 0 aromatic carbocycles. The maximum atomic E-state index is 11.5. The molecule has 5 heteroatoms. The Labute approximate surface area is 84.5 Å². The molecule has 0 bridgehead atoms. The summed E-state index contributed by atoms with van der Waals surface area (Å²) in [5, 5.41) is 4.33. The number of hydrogen-bond donors (Lipinski definition) is 2. The molecule has 1 aliphatic heterocycles. The van der Waals surface area contributed by atoms with Crippen LogP contribution in [0.15, 0.2) is 0 Å². The lowest BCUT2D eigenvalue weighted by atomic mass is 10.2. The average Bonchev–Trinajstić information content (AvgIpc) is 2.51. The molecule has 3 N–H and O–H groups in total. The second-order valence-corrected chi connectivity index (χ2v) is 4.53. The third kappa shape index (κ3) is 3.16. The molecule has 0 aromatic heterocycles. The van der Waals surface area contributed by atoms with E-state index >= 15 is 0 Å². The predicted octanol–water partition coefficient (Wildman–Crippen LogP) is 0.459. The van der Waals surface area contributed by atoms with Crippen molar-refractivity contribution in [2.75, 3.05) is 13.1 Å². The normalized spacial score (nSPS) is 22.1. The molecule has 0 spiro atoms. The molecular weight excluding hydrogens is 182 g/mol. The van der Waals surface area contributed by atoms with Crippen molar-refractivity contribution in [3.8, 4) is 0 Å². The average molecular weight is 201 g/mol. The van der Waals surface area contributed by atoms with E-state index in [-0.39, 0.29) is 6.04 Å². The SMILES string of the molecule is CC(C)(C)OC(=O)N(N)C1CCNC1. The van der Waals surface area contributed by atoms with Crippen molar-refractivity contribution in [3.63, 3.8) is 0 Å². The van der Waals surface area contributed by atoms with Crippen LogP contribution in [-0.4, -0.2) is 35.8 Å². The van der Waals surface area contributed by atoms with Gasteiger partial charge in [0.2, 0.25) is 0 Å². The van der Waals surface area contributed by atoms with Gasteiger partial charge in [0.15, 0.2) is 0 Å². The number of ether oxygens (including phenoxy) is 1. The summed E-state index contributed by atoms with van der Waals surface area (Å²) in [5.74, 6) is 5.65. The molecule has 14 heavy (non-hydrogen) atoms. The van der Waals surface area contributed by atoms with Crippen LogP contribution in [0.3, 0.4) is 0 Å². The molecule has 1 fully saturated rings. The van der Waals surface area contributed by atoms with Crippen molar-refractivity contribution in [3.05, 3.63) is 0 Å². The van der Waals surface area contributed by atoms with Gasteiger partial charge in [-0.1, -0.05) is 0 Å². The number of rotatable bonds is 1. The molecule has 1 amide bonds. The monoisotopic (exact) mass is 201 g/mol. The van der Waals surface area contributed by atoms with Crippen molar-refractivity contribution < 1.29 is 9.53 Å². The maximum absolute atomic E-state index is 11.5. The lowest BCUT2D eigenvalue weighted by Gasteiger charge is -2.27. The van der Waals surface area contributed by atoms with E-state index in [1.807, 2.05) is 20.8 Å². The molecule has 1 unspecified atom stereocenters. The highest BCUT2D eigenvalue weighted by atomic mass is 16.6. The van der Waals surface area contributed by atoms with Gasteiger partial charge in [0.05, 0.1) is 6.04 Å². The van der Waals surface area contributed by atoms with Crippen LogP contribution in [0.1, 0.15) is 27.2 Å². The zero-order valence-electron chi connectivity index (χ0n) is 9.04. The van der Waals surface area contributed by atoms with E-state index in [2.05, 4.69) is 5.32 Å². The van der Waals surface area contributed by atoms with Crippen LogP contribution in [0.4, 0.5) is 4.79 Å². The summed E-state index contributed by atoms with van der Waals surface area (Å²) in [6.45, 7) is 7.12. The maximum Gasteiger partial charge on any atom is 0.424 e. The van der Waals surface area contributed by atoms with Crippen LogP contribution < -0.4 is 11.2 Å². The number of hydrogen-bond acceptors (Lipinski definition) is 4. The zero-order valence-corrected chi connectivity index (χ0v) is 9.04. The van der Waals surface area contributed by atoms with Crippen LogP contribution in [-0.2, 0) is 4.74 Å². The summed E-state index contributed by atoms with van der Waals surface area (Å²) in [6.07, 6.45) is 0.432. The molecule has 82 valence electrons. The molecule has 1 rings (SSSR count). The second kappa shape index (κ2) is 4.14. The summed E-state index contributed by atoms with van der Waals surface area (Å²) in [6, 6.07) is 0.0600. The van der Waals surface area contributed by atoms with Gasteiger partial charge in [-0.25, -0.2) is 15.6 Å². The Morgan fingerprint density at radius 3 is 2.64 bits per heavy atom. The Kier molecular flexibility index (Phi) is 3.34. The summed E-state index contributed by atoms with van der Waals surface area (Å²) < 4.78 is 5.15. The van der Waals surface area contributed by atoms with Crippen LogP contribution in [0, 0.1) is 0 Å². The van der Waals surface area contributed by atoms with Crippen LogP contribution >= 0.6 is 0 Å². The third-order valence-electron chi connectivity index (χ3n) is 2.03. The molecular formula is C9H19N3O2.